The van der Waals surface area contributed by atoms with Gasteiger partial charge in [0.15, 0.2) is 0 Å². The number of aromatic nitrogens is 2. The van der Waals surface area contributed by atoms with E-state index < -0.39 is 5.69 Å². The molecule has 1 aromatic carbocycles. The number of thiophene rings is 1. The molecule has 2 aromatic heterocycles. The Labute approximate surface area is 169 Å². The smallest absolute Gasteiger partial charge is 0.337 e. The Bertz CT molecular complexity index is 1280. The molecule has 0 fully saturated rings. The van der Waals surface area contributed by atoms with Gasteiger partial charge in [-0.3, -0.25) is 14.2 Å². The molecule has 1 amide bonds. The zero-order valence-corrected chi connectivity index (χ0v) is 16.6. The van der Waals surface area contributed by atoms with Crippen molar-refractivity contribution in [3.05, 3.63) is 60.6 Å². The Morgan fingerprint density at radius 2 is 2.14 bits per heavy atom. The fourth-order valence-electron chi connectivity index (χ4n) is 3.55. The number of terminal acetylenes is 1. The summed E-state index contributed by atoms with van der Waals surface area (Å²) in [6, 6.07) is 6.61. The van der Waals surface area contributed by atoms with E-state index in [9.17, 15) is 14.4 Å². The van der Waals surface area contributed by atoms with Crippen LogP contribution in [0.15, 0.2) is 33.9 Å². The van der Waals surface area contributed by atoms with Gasteiger partial charge in [0.1, 0.15) is 4.83 Å². The predicted octanol–water partition coefficient (Wildman–Crippen LogP) is 2.41. The molecule has 142 valence electrons. The van der Waals surface area contributed by atoms with Crippen molar-refractivity contribution >= 4 is 39.1 Å². The van der Waals surface area contributed by atoms with E-state index in [4.69, 9.17) is 18.0 Å². The molecule has 0 atom stereocenters. The largest absolute Gasteiger partial charge is 0.337 e. The quantitative estimate of drug-likeness (QED) is 0.606. The molecule has 0 radical (unpaired) electrons. The van der Waals surface area contributed by atoms with Gasteiger partial charge in [-0.1, -0.05) is 23.6 Å². The van der Waals surface area contributed by atoms with Crippen molar-refractivity contribution in [2.24, 2.45) is 0 Å². The van der Waals surface area contributed by atoms with Crippen LogP contribution in [-0.4, -0.2) is 26.5 Å². The van der Waals surface area contributed by atoms with E-state index in [-0.39, 0.29) is 18.0 Å². The minimum atomic E-state index is -0.500. The summed E-state index contributed by atoms with van der Waals surface area (Å²) in [5.74, 6) is 2.48. The normalized spacial score (nSPS) is 13.4. The minimum absolute atomic E-state index is 0.0135. The van der Waals surface area contributed by atoms with Gasteiger partial charge in [0.25, 0.3) is 5.56 Å². The number of nitrogens with zero attached hydrogens (tertiary/aromatic N) is 3. The predicted molar refractivity (Wildman–Crippen MR) is 110 cm³/mol. The molecule has 28 heavy (non-hydrogen) atoms. The molecule has 1 aliphatic heterocycles. The van der Waals surface area contributed by atoms with Crippen LogP contribution in [-0.2, 0) is 24.3 Å². The number of hydrogen-bond donors (Lipinski definition) is 0. The lowest BCUT2D eigenvalue weighted by Gasteiger charge is -2.25. The second-order valence-corrected chi connectivity index (χ2v) is 8.09. The van der Waals surface area contributed by atoms with Gasteiger partial charge >= 0.3 is 5.69 Å². The van der Waals surface area contributed by atoms with E-state index in [1.807, 2.05) is 0 Å². The lowest BCUT2D eigenvalue weighted by atomic mass is 10.1. The van der Waals surface area contributed by atoms with Crippen molar-refractivity contribution in [1.82, 2.24) is 14.0 Å². The van der Waals surface area contributed by atoms with Gasteiger partial charge in [-0.25, -0.2) is 9.36 Å². The number of fused-ring (bicyclic) bond motifs is 3. The lowest BCUT2D eigenvalue weighted by Crippen LogP contribution is -2.39. The zero-order chi connectivity index (χ0) is 20.0. The van der Waals surface area contributed by atoms with E-state index in [0.29, 0.717) is 40.4 Å². The molecule has 1 aliphatic rings. The summed E-state index contributed by atoms with van der Waals surface area (Å²) < 4.78 is 2.56. The van der Waals surface area contributed by atoms with Crippen LogP contribution in [0, 0.1) is 12.3 Å². The number of carbonyl (C=O) groups excluding carboxylic acids is 1. The van der Waals surface area contributed by atoms with Crippen LogP contribution in [0.4, 0.5) is 0 Å². The monoisotopic (exact) mass is 413 g/mol. The topological polar surface area (TPSA) is 64.3 Å². The van der Waals surface area contributed by atoms with Gasteiger partial charge < -0.3 is 4.90 Å². The third-order valence-electron chi connectivity index (χ3n) is 4.88. The first-order valence-corrected chi connectivity index (χ1v) is 9.87. The Kier molecular flexibility index (Phi) is 4.61. The molecular formula is C20H16ClN3O3S. The SMILES string of the molecule is C#CCn1c(=O)n(-c2cccc(Cl)c2)c(=O)c2c3c(sc21)CN(C(C)=O)CC3. The lowest BCUT2D eigenvalue weighted by molar-refractivity contribution is -0.129. The molecule has 3 aromatic rings. The minimum Gasteiger partial charge on any atom is -0.337 e. The second-order valence-electron chi connectivity index (χ2n) is 6.57. The fraction of sp³-hybridized carbons (Fsp3) is 0.250. The highest BCUT2D eigenvalue weighted by molar-refractivity contribution is 7.18. The summed E-state index contributed by atoms with van der Waals surface area (Å²) in [6.45, 7) is 2.55. The van der Waals surface area contributed by atoms with Crippen molar-refractivity contribution in [3.63, 3.8) is 0 Å². The molecule has 0 saturated carbocycles. The summed E-state index contributed by atoms with van der Waals surface area (Å²) in [4.78, 5) is 41.4. The van der Waals surface area contributed by atoms with E-state index >= 15 is 0 Å². The molecule has 3 heterocycles. The third kappa shape index (κ3) is 2.86. The van der Waals surface area contributed by atoms with Gasteiger partial charge in [-0.05, 0) is 30.2 Å². The molecule has 0 aliphatic carbocycles. The van der Waals surface area contributed by atoms with Crippen molar-refractivity contribution in [2.45, 2.75) is 26.4 Å². The zero-order valence-electron chi connectivity index (χ0n) is 15.1. The van der Waals surface area contributed by atoms with Crippen LogP contribution < -0.4 is 11.2 Å². The van der Waals surface area contributed by atoms with E-state index in [0.717, 1.165) is 15.0 Å². The van der Waals surface area contributed by atoms with Gasteiger partial charge in [0, 0.05) is 23.4 Å². The maximum Gasteiger partial charge on any atom is 0.337 e. The molecule has 0 saturated heterocycles. The van der Waals surface area contributed by atoms with Crippen molar-refractivity contribution in [2.75, 3.05) is 6.54 Å². The number of rotatable bonds is 2. The first kappa shape index (κ1) is 18.5. The first-order chi connectivity index (χ1) is 13.4. The Hall–Kier alpha value is -2.82. The van der Waals surface area contributed by atoms with E-state index in [1.54, 1.807) is 29.2 Å². The summed E-state index contributed by atoms with van der Waals surface area (Å²) in [5, 5.41) is 0.926. The average molecular weight is 414 g/mol. The van der Waals surface area contributed by atoms with Crippen LogP contribution in [0.3, 0.4) is 0 Å². The number of carbonyl (C=O) groups is 1. The highest BCUT2D eigenvalue weighted by Crippen LogP contribution is 2.33. The summed E-state index contributed by atoms with van der Waals surface area (Å²) in [7, 11) is 0. The number of hydrogen-bond acceptors (Lipinski definition) is 4. The van der Waals surface area contributed by atoms with Crippen LogP contribution in [0.5, 0.6) is 0 Å². The molecule has 0 unspecified atom stereocenters. The standard InChI is InChI=1S/C20H16ClN3O3S/c1-3-8-23-19-17(15-7-9-22(12(2)25)11-16(15)28-19)18(26)24(20(23)27)14-6-4-5-13(21)10-14/h1,4-6,10H,7-9,11H2,2H3. The van der Waals surface area contributed by atoms with Gasteiger partial charge in [-0.2, -0.15) is 0 Å². The molecule has 0 bridgehead atoms. The van der Waals surface area contributed by atoms with Gasteiger partial charge in [-0.15, -0.1) is 17.8 Å². The molecule has 8 heteroatoms. The van der Waals surface area contributed by atoms with E-state index in [2.05, 4.69) is 5.92 Å². The fourth-order valence-corrected chi connectivity index (χ4v) is 5.08. The average Bonchev–Trinajstić information content (AvgIpc) is 3.04. The van der Waals surface area contributed by atoms with Gasteiger partial charge in [0.2, 0.25) is 5.91 Å². The summed E-state index contributed by atoms with van der Waals surface area (Å²) in [5.41, 5.74) is 0.407. The Morgan fingerprint density at radius 1 is 1.36 bits per heavy atom. The van der Waals surface area contributed by atoms with E-state index in [1.165, 1.54) is 22.8 Å². The first-order valence-electron chi connectivity index (χ1n) is 8.67. The molecular weight excluding hydrogens is 398 g/mol. The third-order valence-corrected chi connectivity index (χ3v) is 6.36. The molecule has 0 spiro atoms. The summed E-state index contributed by atoms with van der Waals surface area (Å²) >= 11 is 7.42. The number of benzene rings is 1. The Morgan fingerprint density at radius 3 is 2.82 bits per heavy atom. The summed E-state index contributed by atoms with van der Waals surface area (Å²) in [6.07, 6.45) is 6.05. The molecule has 0 N–H and O–H groups in total. The number of halogens is 1. The highest BCUT2D eigenvalue weighted by Gasteiger charge is 2.27. The number of amides is 1. The van der Waals surface area contributed by atoms with Crippen LogP contribution in [0.25, 0.3) is 15.9 Å². The van der Waals surface area contributed by atoms with Crippen molar-refractivity contribution < 1.29 is 4.79 Å². The van der Waals surface area contributed by atoms with Crippen molar-refractivity contribution in [3.8, 4) is 18.0 Å². The van der Waals surface area contributed by atoms with Gasteiger partial charge in [0.05, 0.1) is 24.2 Å². The Balaban J connectivity index is 2.06. The second kappa shape index (κ2) is 6.97. The molecule has 6 nitrogen and oxygen atoms in total. The maximum absolute atomic E-state index is 13.3. The van der Waals surface area contributed by atoms with Crippen LogP contribution >= 0.6 is 22.9 Å². The maximum atomic E-state index is 13.3. The van der Waals surface area contributed by atoms with Crippen LogP contribution in [0.2, 0.25) is 5.02 Å². The molecule has 4 rings (SSSR count). The highest BCUT2D eigenvalue weighted by atomic mass is 35.5. The van der Waals surface area contributed by atoms with Crippen molar-refractivity contribution in [1.29, 1.82) is 0 Å². The van der Waals surface area contributed by atoms with Crippen LogP contribution in [0.1, 0.15) is 17.4 Å².